The molecule has 1 aliphatic carbocycles. The molecule has 118 valence electrons. The van der Waals surface area contributed by atoms with Crippen molar-refractivity contribution < 1.29 is 4.79 Å². The number of carbonyl (C=O) groups excluding carboxylic acids is 1. The maximum Gasteiger partial charge on any atom is 0.230 e. The first-order valence-electron chi connectivity index (χ1n) is 9.02. The number of carbonyl (C=O) groups is 1. The molecule has 22 heavy (non-hydrogen) atoms. The predicted octanol–water partition coefficient (Wildman–Crippen LogP) is 3.76. The average molecular weight is 298 g/mol. The van der Waals surface area contributed by atoms with Crippen molar-refractivity contribution in [1.82, 2.24) is 0 Å². The van der Waals surface area contributed by atoms with Crippen molar-refractivity contribution >= 4 is 17.3 Å². The van der Waals surface area contributed by atoms with Gasteiger partial charge in [0.1, 0.15) is 0 Å². The highest BCUT2D eigenvalue weighted by molar-refractivity contribution is 5.97. The third-order valence-corrected chi connectivity index (χ3v) is 5.66. The molecule has 0 unspecified atom stereocenters. The first-order chi connectivity index (χ1) is 10.8. The van der Waals surface area contributed by atoms with Crippen LogP contribution in [0.3, 0.4) is 0 Å². The summed E-state index contributed by atoms with van der Waals surface area (Å²) in [6, 6.07) is 6.77. The fourth-order valence-corrected chi connectivity index (χ4v) is 4.34. The van der Waals surface area contributed by atoms with Crippen molar-refractivity contribution in [2.75, 3.05) is 29.4 Å². The van der Waals surface area contributed by atoms with Crippen LogP contribution >= 0.6 is 0 Å². The minimum atomic E-state index is 0.273. The molecule has 0 radical (unpaired) electrons. The maximum atomic E-state index is 12.9. The van der Waals surface area contributed by atoms with Gasteiger partial charge in [-0.25, -0.2) is 0 Å². The number of hydrogen-bond acceptors (Lipinski definition) is 2. The first kappa shape index (κ1) is 14.1. The third kappa shape index (κ3) is 2.51. The Morgan fingerprint density at radius 1 is 0.955 bits per heavy atom. The van der Waals surface area contributed by atoms with Gasteiger partial charge >= 0.3 is 0 Å². The Kier molecular flexibility index (Phi) is 3.81. The van der Waals surface area contributed by atoms with Crippen LogP contribution in [0.25, 0.3) is 0 Å². The molecule has 3 heteroatoms. The van der Waals surface area contributed by atoms with E-state index in [1.807, 2.05) is 0 Å². The molecule has 1 saturated heterocycles. The Balaban J connectivity index is 1.57. The number of hydrogen-bond donors (Lipinski definition) is 0. The summed E-state index contributed by atoms with van der Waals surface area (Å²) in [6.07, 6.45) is 9.56. The van der Waals surface area contributed by atoms with Crippen molar-refractivity contribution in [3.63, 3.8) is 0 Å². The van der Waals surface area contributed by atoms with E-state index in [1.165, 1.54) is 49.0 Å². The molecule has 2 fully saturated rings. The normalized spacial score (nSPS) is 22.2. The summed E-state index contributed by atoms with van der Waals surface area (Å²) < 4.78 is 0. The molecule has 1 aromatic carbocycles. The fourth-order valence-electron chi connectivity index (χ4n) is 4.34. The summed E-state index contributed by atoms with van der Waals surface area (Å²) in [4.78, 5) is 17.5. The molecule has 3 aliphatic rings. The minimum Gasteiger partial charge on any atom is -0.371 e. The second-order valence-corrected chi connectivity index (χ2v) is 7.08. The molecule has 0 aromatic heterocycles. The molecule has 2 heterocycles. The van der Waals surface area contributed by atoms with E-state index in [2.05, 4.69) is 28.0 Å². The van der Waals surface area contributed by atoms with Crippen LogP contribution in [0.4, 0.5) is 11.4 Å². The van der Waals surface area contributed by atoms with Gasteiger partial charge in [0.05, 0.1) is 0 Å². The smallest absolute Gasteiger partial charge is 0.230 e. The van der Waals surface area contributed by atoms with Gasteiger partial charge < -0.3 is 9.80 Å². The predicted molar refractivity (Wildman–Crippen MR) is 90.5 cm³/mol. The van der Waals surface area contributed by atoms with Gasteiger partial charge in [-0.15, -0.1) is 0 Å². The molecule has 0 atom stereocenters. The zero-order valence-electron chi connectivity index (χ0n) is 13.4. The van der Waals surface area contributed by atoms with Crippen LogP contribution in [0, 0.1) is 5.92 Å². The Morgan fingerprint density at radius 3 is 2.50 bits per heavy atom. The highest BCUT2D eigenvalue weighted by Crippen LogP contribution is 2.36. The molecular weight excluding hydrogens is 272 g/mol. The van der Waals surface area contributed by atoms with E-state index in [0.717, 1.165) is 38.9 Å². The van der Waals surface area contributed by atoms with Gasteiger partial charge in [-0.05, 0) is 49.8 Å². The van der Waals surface area contributed by atoms with E-state index >= 15 is 0 Å². The van der Waals surface area contributed by atoms with E-state index in [4.69, 9.17) is 0 Å². The van der Waals surface area contributed by atoms with Crippen LogP contribution < -0.4 is 9.80 Å². The molecular formula is C19H26N2O. The van der Waals surface area contributed by atoms with Crippen molar-refractivity contribution in [3.05, 3.63) is 23.8 Å². The zero-order chi connectivity index (χ0) is 14.9. The lowest BCUT2D eigenvalue weighted by molar-refractivity contribution is -0.123. The van der Waals surface area contributed by atoms with Crippen molar-refractivity contribution in [1.29, 1.82) is 0 Å². The van der Waals surface area contributed by atoms with Gasteiger partial charge in [-0.3, -0.25) is 4.79 Å². The van der Waals surface area contributed by atoms with Gasteiger partial charge in [-0.1, -0.05) is 25.3 Å². The van der Waals surface area contributed by atoms with Crippen LogP contribution in [-0.2, 0) is 11.2 Å². The van der Waals surface area contributed by atoms with Crippen LogP contribution in [0.5, 0.6) is 0 Å². The summed E-state index contributed by atoms with van der Waals surface area (Å²) in [7, 11) is 0. The lowest BCUT2D eigenvalue weighted by Gasteiger charge is -2.27. The van der Waals surface area contributed by atoms with Gasteiger partial charge in [0.2, 0.25) is 5.91 Å². The van der Waals surface area contributed by atoms with Crippen LogP contribution in [0.1, 0.15) is 50.5 Å². The Hall–Kier alpha value is -1.51. The molecule has 2 aliphatic heterocycles. The van der Waals surface area contributed by atoms with Gasteiger partial charge in [-0.2, -0.15) is 0 Å². The molecule has 0 spiro atoms. The second-order valence-electron chi connectivity index (χ2n) is 7.08. The van der Waals surface area contributed by atoms with Gasteiger partial charge in [0.15, 0.2) is 0 Å². The molecule has 0 bridgehead atoms. The average Bonchev–Trinajstić information content (AvgIpc) is 3.24. The maximum absolute atomic E-state index is 12.9. The number of rotatable bonds is 2. The van der Waals surface area contributed by atoms with Crippen LogP contribution in [0.2, 0.25) is 0 Å². The van der Waals surface area contributed by atoms with Crippen molar-refractivity contribution in [2.24, 2.45) is 5.92 Å². The number of nitrogens with zero attached hydrogens (tertiary/aromatic N) is 2. The molecule has 1 aromatic rings. The van der Waals surface area contributed by atoms with E-state index in [0.29, 0.717) is 5.91 Å². The fraction of sp³-hybridized carbons (Fsp3) is 0.632. The van der Waals surface area contributed by atoms with E-state index in [-0.39, 0.29) is 5.92 Å². The largest absolute Gasteiger partial charge is 0.371 e. The zero-order valence-corrected chi connectivity index (χ0v) is 13.4. The third-order valence-electron chi connectivity index (χ3n) is 5.66. The Labute approximate surface area is 133 Å². The van der Waals surface area contributed by atoms with Crippen LogP contribution in [0.15, 0.2) is 18.2 Å². The highest BCUT2D eigenvalue weighted by atomic mass is 16.2. The summed E-state index contributed by atoms with van der Waals surface area (Å²) in [5, 5.41) is 0. The summed E-state index contributed by atoms with van der Waals surface area (Å²) >= 11 is 0. The van der Waals surface area contributed by atoms with Crippen molar-refractivity contribution in [2.45, 2.75) is 51.4 Å². The highest BCUT2D eigenvalue weighted by Gasteiger charge is 2.31. The lowest BCUT2D eigenvalue weighted by Crippen LogP contribution is -2.35. The topological polar surface area (TPSA) is 23.6 Å². The van der Waals surface area contributed by atoms with E-state index < -0.39 is 0 Å². The molecule has 3 nitrogen and oxygen atoms in total. The monoisotopic (exact) mass is 298 g/mol. The SMILES string of the molecule is O=C(C1CCCCC1)N1CCc2ccc(N3CCCC3)cc21. The standard InChI is InChI=1S/C19H26N2O/c22-19(16-6-2-1-3-7-16)21-13-10-15-8-9-17(14-18(15)21)20-11-4-5-12-20/h8-9,14,16H,1-7,10-13H2. The lowest BCUT2D eigenvalue weighted by atomic mass is 9.88. The second kappa shape index (κ2) is 5.94. The number of fused-ring (bicyclic) bond motifs is 1. The van der Waals surface area contributed by atoms with Crippen LogP contribution in [-0.4, -0.2) is 25.5 Å². The molecule has 0 N–H and O–H groups in total. The summed E-state index contributed by atoms with van der Waals surface area (Å²) in [6.45, 7) is 3.21. The number of anilines is 2. The first-order valence-corrected chi connectivity index (χ1v) is 9.02. The van der Waals surface area contributed by atoms with E-state index in [1.54, 1.807) is 0 Å². The van der Waals surface area contributed by atoms with Crippen molar-refractivity contribution in [3.8, 4) is 0 Å². The molecule has 1 saturated carbocycles. The molecule has 4 rings (SSSR count). The number of amides is 1. The number of benzene rings is 1. The minimum absolute atomic E-state index is 0.273. The Bertz CT molecular complexity index is 557. The summed E-state index contributed by atoms with van der Waals surface area (Å²) in [5.41, 5.74) is 3.85. The molecule has 1 amide bonds. The van der Waals surface area contributed by atoms with Gasteiger partial charge in [0, 0.05) is 36.9 Å². The summed E-state index contributed by atoms with van der Waals surface area (Å²) in [5.74, 6) is 0.659. The Morgan fingerprint density at radius 2 is 1.73 bits per heavy atom. The quantitative estimate of drug-likeness (QED) is 0.830. The van der Waals surface area contributed by atoms with Gasteiger partial charge in [0.25, 0.3) is 0 Å². The van der Waals surface area contributed by atoms with E-state index in [9.17, 15) is 4.79 Å².